The van der Waals surface area contributed by atoms with Gasteiger partial charge in [-0.2, -0.15) is 0 Å². The highest BCUT2D eigenvalue weighted by atomic mass is 16.3. The molecule has 1 fully saturated rings. The highest BCUT2D eigenvalue weighted by Crippen LogP contribution is 2.41. The average Bonchev–Trinajstić information content (AvgIpc) is 2.28. The van der Waals surface area contributed by atoms with Gasteiger partial charge in [0.15, 0.2) is 0 Å². The van der Waals surface area contributed by atoms with Crippen LogP contribution in [0.4, 0.5) is 0 Å². The van der Waals surface area contributed by atoms with E-state index in [0.717, 1.165) is 31.3 Å². The van der Waals surface area contributed by atoms with Crippen LogP contribution in [0.3, 0.4) is 0 Å². The van der Waals surface area contributed by atoms with Crippen molar-refractivity contribution in [1.82, 2.24) is 0 Å². The third-order valence-corrected chi connectivity index (χ3v) is 3.72. The molecule has 2 atom stereocenters. The molecule has 1 aliphatic carbocycles. The van der Waals surface area contributed by atoms with Crippen molar-refractivity contribution in [2.24, 2.45) is 0 Å². The van der Waals surface area contributed by atoms with Gasteiger partial charge in [0, 0.05) is 0 Å². The van der Waals surface area contributed by atoms with Gasteiger partial charge in [0.05, 0.1) is 5.60 Å². The van der Waals surface area contributed by atoms with Crippen LogP contribution < -0.4 is 0 Å². The molecule has 2 rings (SSSR count). The van der Waals surface area contributed by atoms with Gasteiger partial charge in [-0.25, -0.2) is 0 Å². The third-order valence-electron chi connectivity index (χ3n) is 3.72. The first-order chi connectivity index (χ1) is 8.09. The smallest absolute Gasteiger partial charge is 0.0690 e. The van der Waals surface area contributed by atoms with Crippen LogP contribution in [-0.4, -0.2) is 10.7 Å². The first-order valence-corrected chi connectivity index (χ1v) is 6.51. The summed E-state index contributed by atoms with van der Waals surface area (Å²) >= 11 is 0. The first-order valence-electron chi connectivity index (χ1n) is 6.51. The molecule has 92 valence electrons. The number of hydrogen-bond acceptors (Lipinski definition) is 1. The Bertz CT molecular complexity index is 382. The van der Waals surface area contributed by atoms with Gasteiger partial charge >= 0.3 is 0 Å². The molecule has 1 nitrogen and oxygen atoms in total. The van der Waals surface area contributed by atoms with Gasteiger partial charge in [-0.15, -0.1) is 6.58 Å². The van der Waals surface area contributed by atoms with Crippen molar-refractivity contribution in [2.45, 2.75) is 50.5 Å². The van der Waals surface area contributed by atoms with Crippen LogP contribution >= 0.6 is 0 Å². The van der Waals surface area contributed by atoms with Crippen LogP contribution in [-0.2, 0) is 0 Å². The lowest BCUT2D eigenvalue weighted by atomic mass is 9.73. The summed E-state index contributed by atoms with van der Waals surface area (Å²) in [7, 11) is 0. The van der Waals surface area contributed by atoms with E-state index in [1.165, 1.54) is 12.0 Å². The second kappa shape index (κ2) is 5.05. The standard InChI is InChI=1S/C16H22O/c1-13(2)11-16(17)10-6-9-15(12-16)14-7-4-3-5-8-14/h3-5,7-8,15,17H,1,6,9-12H2,2H3/t15-,16+/m0/s1. The van der Waals surface area contributed by atoms with E-state index in [2.05, 4.69) is 30.8 Å². The Morgan fingerprint density at radius 3 is 2.76 bits per heavy atom. The molecule has 17 heavy (non-hydrogen) atoms. The SMILES string of the molecule is C=C(C)C[C@]1(O)CCC[C@H](c2ccccc2)C1. The monoisotopic (exact) mass is 230 g/mol. The zero-order valence-corrected chi connectivity index (χ0v) is 10.7. The van der Waals surface area contributed by atoms with Crippen LogP contribution in [0, 0.1) is 0 Å². The topological polar surface area (TPSA) is 20.2 Å². The van der Waals surface area contributed by atoms with Crippen molar-refractivity contribution in [3.05, 3.63) is 48.0 Å². The van der Waals surface area contributed by atoms with Crippen molar-refractivity contribution in [1.29, 1.82) is 0 Å². The van der Waals surface area contributed by atoms with Gasteiger partial charge in [-0.05, 0) is 50.5 Å². The maximum Gasteiger partial charge on any atom is 0.0690 e. The summed E-state index contributed by atoms with van der Waals surface area (Å²) in [5.41, 5.74) is 1.93. The summed E-state index contributed by atoms with van der Waals surface area (Å²) in [6.07, 6.45) is 4.86. The molecule has 1 heteroatoms. The highest BCUT2D eigenvalue weighted by molar-refractivity contribution is 5.21. The van der Waals surface area contributed by atoms with Crippen molar-refractivity contribution in [3.8, 4) is 0 Å². The molecule has 0 unspecified atom stereocenters. The average molecular weight is 230 g/mol. The van der Waals surface area contributed by atoms with E-state index in [4.69, 9.17) is 0 Å². The predicted octanol–water partition coefficient (Wildman–Crippen LogP) is 4.04. The van der Waals surface area contributed by atoms with Crippen molar-refractivity contribution < 1.29 is 5.11 Å². The minimum atomic E-state index is -0.523. The molecule has 1 aromatic carbocycles. The Kier molecular flexibility index (Phi) is 3.68. The van der Waals surface area contributed by atoms with E-state index >= 15 is 0 Å². The quantitative estimate of drug-likeness (QED) is 0.777. The van der Waals surface area contributed by atoms with Crippen molar-refractivity contribution >= 4 is 0 Å². The van der Waals surface area contributed by atoms with E-state index < -0.39 is 5.60 Å². The molecule has 1 aliphatic rings. The van der Waals surface area contributed by atoms with Crippen LogP contribution in [0.1, 0.15) is 50.5 Å². The second-order valence-electron chi connectivity index (χ2n) is 5.56. The molecule has 0 saturated heterocycles. The third kappa shape index (κ3) is 3.19. The van der Waals surface area contributed by atoms with E-state index in [9.17, 15) is 5.11 Å². The van der Waals surface area contributed by atoms with Gasteiger partial charge in [0.25, 0.3) is 0 Å². The van der Waals surface area contributed by atoms with Gasteiger partial charge < -0.3 is 5.11 Å². The van der Waals surface area contributed by atoms with E-state index in [1.807, 2.05) is 13.0 Å². The largest absolute Gasteiger partial charge is 0.390 e. The summed E-state index contributed by atoms with van der Waals surface area (Å²) in [4.78, 5) is 0. The lowest BCUT2D eigenvalue weighted by molar-refractivity contribution is -0.00288. The fraction of sp³-hybridized carbons (Fsp3) is 0.500. The Hall–Kier alpha value is -1.08. The number of benzene rings is 1. The fourth-order valence-electron chi connectivity index (χ4n) is 3.07. The van der Waals surface area contributed by atoms with Gasteiger partial charge in [0.2, 0.25) is 0 Å². The van der Waals surface area contributed by atoms with E-state index in [-0.39, 0.29) is 0 Å². The number of aliphatic hydroxyl groups is 1. The number of rotatable bonds is 3. The minimum absolute atomic E-state index is 0.509. The van der Waals surface area contributed by atoms with Crippen molar-refractivity contribution in [2.75, 3.05) is 0 Å². The molecule has 0 spiro atoms. The molecule has 0 amide bonds. The van der Waals surface area contributed by atoms with E-state index in [0.29, 0.717) is 5.92 Å². The summed E-state index contributed by atoms with van der Waals surface area (Å²) in [5, 5.41) is 10.6. The fourth-order valence-corrected chi connectivity index (χ4v) is 3.07. The molecule has 0 radical (unpaired) electrons. The van der Waals surface area contributed by atoms with Crippen LogP contribution in [0.25, 0.3) is 0 Å². The molecule has 1 aromatic rings. The Morgan fingerprint density at radius 2 is 2.12 bits per heavy atom. The van der Waals surface area contributed by atoms with Gasteiger partial charge in [-0.3, -0.25) is 0 Å². The van der Waals surface area contributed by atoms with E-state index in [1.54, 1.807) is 0 Å². The summed E-state index contributed by atoms with van der Waals surface area (Å²) in [6, 6.07) is 10.6. The normalized spacial score (nSPS) is 28.9. The van der Waals surface area contributed by atoms with Crippen LogP contribution in [0.2, 0.25) is 0 Å². The first kappa shape index (κ1) is 12.4. The Labute approximate surface area is 104 Å². The maximum absolute atomic E-state index is 10.6. The summed E-state index contributed by atoms with van der Waals surface area (Å²) in [5.74, 6) is 0.509. The molecule has 0 aliphatic heterocycles. The number of hydrogen-bond donors (Lipinski definition) is 1. The van der Waals surface area contributed by atoms with Crippen LogP contribution in [0.5, 0.6) is 0 Å². The zero-order chi connectivity index (χ0) is 12.3. The predicted molar refractivity (Wildman–Crippen MR) is 72.0 cm³/mol. The van der Waals surface area contributed by atoms with Crippen molar-refractivity contribution in [3.63, 3.8) is 0 Å². The summed E-state index contributed by atoms with van der Waals surface area (Å²) < 4.78 is 0. The molecule has 0 bridgehead atoms. The molecule has 1 N–H and O–H groups in total. The van der Waals surface area contributed by atoms with Gasteiger partial charge in [-0.1, -0.05) is 35.9 Å². The second-order valence-corrected chi connectivity index (χ2v) is 5.56. The zero-order valence-electron chi connectivity index (χ0n) is 10.7. The highest BCUT2D eigenvalue weighted by Gasteiger charge is 2.34. The van der Waals surface area contributed by atoms with Crippen LogP contribution in [0.15, 0.2) is 42.5 Å². The Morgan fingerprint density at radius 1 is 1.41 bits per heavy atom. The lowest BCUT2D eigenvalue weighted by Crippen LogP contribution is -2.34. The Balaban J connectivity index is 2.09. The lowest BCUT2D eigenvalue weighted by Gasteiger charge is -2.37. The molecular weight excluding hydrogens is 208 g/mol. The molecule has 0 heterocycles. The molecular formula is C16H22O. The van der Waals surface area contributed by atoms with Gasteiger partial charge in [0.1, 0.15) is 0 Å². The molecule has 1 saturated carbocycles. The molecule has 0 aromatic heterocycles. The maximum atomic E-state index is 10.6. The minimum Gasteiger partial charge on any atom is -0.390 e. The summed E-state index contributed by atoms with van der Waals surface area (Å²) in [6.45, 7) is 5.94.